The number of nitriles is 1. The summed E-state index contributed by atoms with van der Waals surface area (Å²) in [6, 6.07) is 26.7. The molecule has 0 aliphatic rings. The number of ether oxygens (including phenoxy) is 1. The molecule has 0 saturated heterocycles. The lowest BCUT2D eigenvalue weighted by molar-refractivity contribution is 0.302. The number of hydrogen-bond acceptors (Lipinski definition) is 5. The van der Waals surface area contributed by atoms with Crippen LogP contribution in [-0.4, -0.2) is 4.98 Å². The second kappa shape index (κ2) is 10.4. The average Bonchev–Trinajstić information content (AvgIpc) is 2.87. The third kappa shape index (κ3) is 5.38. The van der Waals surface area contributed by atoms with Gasteiger partial charge in [0.25, 0.3) is 0 Å². The molecule has 33 heavy (non-hydrogen) atoms. The standard InChI is InChI=1S/C28H26N4O/c1-20-25(8-5-9-27(20)23-6-3-2-4-7-23)18-32-26-11-10-24(15-30)28(13-26)33-19-22-12-21(14-29)16-31-17-22/h2-13,16-17,32H,15,18-19,30H2,1H3. The van der Waals surface area contributed by atoms with Crippen molar-refractivity contribution < 1.29 is 4.74 Å². The normalized spacial score (nSPS) is 10.5. The fraction of sp³-hybridized carbons (Fsp3) is 0.143. The highest BCUT2D eigenvalue weighted by atomic mass is 16.5. The van der Waals surface area contributed by atoms with E-state index in [0.717, 1.165) is 22.6 Å². The third-order valence-corrected chi connectivity index (χ3v) is 5.62. The lowest BCUT2D eigenvalue weighted by Gasteiger charge is -2.15. The second-order valence-electron chi connectivity index (χ2n) is 7.82. The number of pyridine rings is 1. The number of nitrogens with zero attached hydrogens (tertiary/aromatic N) is 2. The SMILES string of the molecule is Cc1c(CNc2ccc(CN)c(OCc3cncc(C#N)c3)c2)cccc1-c1ccccc1. The first-order chi connectivity index (χ1) is 16.2. The van der Waals surface area contributed by atoms with E-state index in [4.69, 9.17) is 15.7 Å². The highest BCUT2D eigenvalue weighted by Gasteiger charge is 2.08. The first-order valence-electron chi connectivity index (χ1n) is 10.9. The molecule has 0 radical (unpaired) electrons. The van der Waals surface area contributed by atoms with Gasteiger partial charge in [0.15, 0.2) is 0 Å². The van der Waals surface area contributed by atoms with Crippen molar-refractivity contribution in [2.45, 2.75) is 26.6 Å². The van der Waals surface area contributed by atoms with Gasteiger partial charge in [0.1, 0.15) is 18.4 Å². The van der Waals surface area contributed by atoms with Crippen molar-refractivity contribution in [2.24, 2.45) is 5.73 Å². The third-order valence-electron chi connectivity index (χ3n) is 5.62. The van der Waals surface area contributed by atoms with E-state index in [1.54, 1.807) is 12.3 Å². The highest BCUT2D eigenvalue weighted by molar-refractivity contribution is 5.68. The topological polar surface area (TPSA) is 84.0 Å². The molecule has 3 N–H and O–H groups in total. The summed E-state index contributed by atoms with van der Waals surface area (Å²) in [6.07, 6.45) is 3.24. The van der Waals surface area contributed by atoms with Crippen LogP contribution >= 0.6 is 0 Å². The molecule has 0 spiro atoms. The largest absolute Gasteiger partial charge is 0.488 e. The van der Waals surface area contributed by atoms with Gasteiger partial charge in [-0.15, -0.1) is 0 Å². The van der Waals surface area contributed by atoms with E-state index in [9.17, 15) is 0 Å². The van der Waals surface area contributed by atoms with Gasteiger partial charge in [-0.3, -0.25) is 4.98 Å². The van der Waals surface area contributed by atoms with Crippen LogP contribution in [0, 0.1) is 18.3 Å². The number of anilines is 1. The maximum absolute atomic E-state index is 9.06. The molecule has 4 aromatic rings. The lowest BCUT2D eigenvalue weighted by Crippen LogP contribution is -2.06. The molecule has 164 valence electrons. The van der Waals surface area contributed by atoms with E-state index in [-0.39, 0.29) is 0 Å². The Kier molecular flexibility index (Phi) is 6.99. The van der Waals surface area contributed by atoms with E-state index in [1.807, 2.05) is 24.3 Å². The van der Waals surface area contributed by atoms with E-state index in [0.29, 0.717) is 25.3 Å². The molecule has 0 amide bonds. The first kappa shape index (κ1) is 22.1. The Morgan fingerprint density at radius 2 is 1.82 bits per heavy atom. The quantitative estimate of drug-likeness (QED) is 0.378. The zero-order chi connectivity index (χ0) is 23.0. The molecule has 0 aliphatic heterocycles. The number of rotatable bonds is 8. The lowest BCUT2D eigenvalue weighted by atomic mass is 9.96. The van der Waals surface area contributed by atoms with Crippen LogP contribution in [0.5, 0.6) is 5.75 Å². The molecule has 0 bridgehead atoms. The van der Waals surface area contributed by atoms with Crippen LogP contribution in [0.25, 0.3) is 11.1 Å². The summed E-state index contributed by atoms with van der Waals surface area (Å²) in [5.74, 6) is 0.722. The van der Waals surface area contributed by atoms with Gasteiger partial charge in [-0.05, 0) is 41.3 Å². The summed E-state index contributed by atoms with van der Waals surface area (Å²) < 4.78 is 6.04. The maximum Gasteiger partial charge on any atom is 0.126 e. The van der Waals surface area contributed by atoms with Gasteiger partial charge in [0.2, 0.25) is 0 Å². The summed E-state index contributed by atoms with van der Waals surface area (Å²) in [5, 5.41) is 12.6. The zero-order valence-corrected chi connectivity index (χ0v) is 18.6. The van der Waals surface area contributed by atoms with Crippen LogP contribution in [0.3, 0.4) is 0 Å². The molecule has 1 heterocycles. The van der Waals surface area contributed by atoms with Crippen molar-refractivity contribution in [1.82, 2.24) is 4.98 Å². The molecule has 0 aliphatic carbocycles. The predicted octanol–water partition coefficient (Wildman–Crippen LogP) is 5.58. The average molecular weight is 435 g/mol. The van der Waals surface area contributed by atoms with E-state index in [1.165, 1.54) is 28.5 Å². The highest BCUT2D eigenvalue weighted by Crippen LogP contribution is 2.28. The Hall–Kier alpha value is -4.14. The Labute approximate surface area is 194 Å². The minimum Gasteiger partial charge on any atom is -0.488 e. The van der Waals surface area contributed by atoms with Gasteiger partial charge in [-0.2, -0.15) is 5.26 Å². The molecule has 3 aromatic carbocycles. The monoisotopic (exact) mass is 434 g/mol. The van der Waals surface area contributed by atoms with Gasteiger partial charge in [0, 0.05) is 48.4 Å². The summed E-state index contributed by atoms with van der Waals surface area (Å²) >= 11 is 0. The maximum atomic E-state index is 9.06. The number of benzene rings is 3. The number of nitrogens with two attached hydrogens (primary N) is 1. The van der Waals surface area contributed by atoms with Gasteiger partial charge < -0.3 is 15.8 Å². The molecule has 0 unspecified atom stereocenters. The summed E-state index contributed by atoms with van der Waals surface area (Å²) in [4.78, 5) is 4.09. The molecule has 0 fully saturated rings. The Morgan fingerprint density at radius 1 is 0.970 bits per heavy atom. The first-order valence-corrected chi connectivity index (χ1v) is 10.9. The van der Waals surface area contributed by atoms with Crippen LogP contribution in [0.1, 0.15) is 27.8 Å². The van der Waals surface area contributed by atoms with Crippen molar-refractivity contribution in [2.75, 3.05) is 5.32 Å². The molecular formula is C28H26N4O. The number of hydrogen-bond donors (Lipinski definition) is 2. The molecule has 1 aromatic heterocycles. The van der Waals surface area contributed by atoms with Gasteiger partial charge in [-0.1, -0.05) is 54.6 Å². The number of aromatic nitrogens is 1. The number of nitrogens with one attached hydrogen (secondary N) is 1. The van der Waals surface area contributed by atoms with Crippen LogP contribution in [0.2, 0.25) is 0 Å². The van der Waals surface area contributed by atoms with Crippen molar-refractivity contribution in [1.29, 1.82) is 5.26 Å². The van der Waals surface area contributed by atoms with Gasteiger partial charge in [0.05, 0.1) is 5.56 Å². The minimum atomic E-state index is 0.317. The Morgan fingerprint density at radius 3 is 2.61 bits per heavy atom. The molecule has 0 saturated carbocycles. The Bertz CT molecular complexity index is 1280. The van der Waals surface area contributed by atoms with E-state index >= 15 is 0 Å². The van der Waals surface area contributed by atoms with Crippen molar-refractivity contribution >= 4 is 5.69 Å². The van der Waals surface area contributed by atoms with Gasteiger partial charge in [-0.25, -0.2) is 0 Å². The minimum absolute atomic E-state index is 0.317. The molecule has 5 heteroatoms. The molecule has 0 atom stereocenters. The molecule has 5 nitrogen and oxygen atoms in total. The van der Waals surface area contributed by atoms with E-state index < -0.39 is 0 Å². The van der Waals surface area contributed by atoms with Gasteiger partial charge >= 0.3 is 0 Å². The van der Waals surface area contributed by atoms with Crippen molar-refractivity contribution in [3.05, 3.63) is 113 Å². The smallest absolute Gasteiger partial charge is 0.126 e. The molecule has 4 rings (SSSR count). The van der Waals surface area contributed by atoms with E-state index in [2.05, 4.69) is 65.8 Å². The summed E-state index contributed by atoms with van der Waals surface area (Å²) in [5.41, 5.74) is 14.1. The fourth-order valence-electron chi connectivity index (χ4n) is 3.76. The van der Waals surface area contributed by atoms with Crippen LogP contribution in [0.15, 0.2) is 85.2 Å². The van der Waals surface area contributed by atoms with Crippen LogP contribution < -0.4 is 15.8 Å². The Balaban J connectivity index is 1.48. The van der Waals surface area contributed by atoms with Crippen molar-refractivity contribution in [3.63, 3.8) is 0 Å². The predicted molar refractivity (Wildman–Crippen MR) is 132 cm³/mol. The summed E-state index contributed by atoms with van der Waals surface area (Å²) in [6.45, 7) is 3.55. The second-order valence-corrected chi connectivity index (χ2v) is 7.82. The van der Waals surface area contributed by atoms with Crippen molar-refractivity contribution in [3.8, 4) is 22.9 Å². The summed E-state index contributed by atoms with van der Waals surface area (Å²) in [7, 11) is 0. The fourth-order valence-corrected chi connectivity index (χ4v) is 3.76. The molecular weight excluding hydrogens is 408 g/mol. The van der Waals surface area contributed by atoms with Crippen LogP contribution in [0.4, 0.5) is 5.69 Å². The van der Waals surface area contributed by atoms with Crippen LogP contribution in [-0.2, 0) is 19.7 Å². The zero-order valence-electron chi connectivity index (χ0n) is 18.6.